The summed E-state index contributed by atoms with van der Waals surface area (Å²) < 4.78 is 28.8. The van der Waals surface area contributed by atoms with Gasteiger partial charge >= 0.3 is 0 Å². The number of benzene rings is 1. The van der Waals surface area contributed by atoms with E-state index in [0.717, 1.165) is 4.47 Å². The molecule has 0 aliphatic carbocycles. The van der Waals surface area contributed by atoms with E-state index >= 15 is 0 Å². The van der Waals surface area contributed by atoms with Crippen molar-refractivity contribution in [1.82, 2.24) is 20.1 Å². The Hall–Kier alpha value is -1.88. The fraction of sp³-hybridized carbons (Fsp3) is 0.200. The van der Waals surface area contributed by atoms with Gasteiger partial charge in [-0.2, -0.15) is 0 Å². The SMILES string of the molecule is Cn1cc(Br)cc1C(=O)NNC(=O)CCNS(=O)(=O)c1cccc(Cl)c1. The summed E-state index contributed by atoms with van der Waals surface area (Å²) in [5.74, 6) is -1.04. The number of halogens is 2. The average Bonchev–Trinajstić information content (AvgIpc) is 2.91. The first-order valence-electron chi connectivity index (χ1n) is 7.35. The molecule has 2 amide bonds. The number of nitrogens with zero attached hydrogens (tertiary/aromatic N) is 1. The van der Waals surface area contributed by atoms with Crippen molar-refractivity contribution in [3.8, 4) is 0 Å². The molecule has 140 valence electrons. The third-order valence-electron chi connectivity index (χ3n) is 3.27. The molecular formula is C15H16BrClN4O4S. The van der Waals surface area contributed by atoms with E-state index in [1.807, 2.05) is 0 Å². The number of sulfonamides is 1. The summed E-state index contributed by atoms with van der Waals surface area (Å²) >= 11 is 9.01. The fourth-order valence-corrected chi connectivity index (χ4v) is 3.88. The molecule has 1 aromatic heterocycles. The van der Waals surface area contributed by atoms with E-state index in [4.69, 9.17) is 11.6 Å². The molecule has 3 N–H and O–H groups in total. The Balaban J connectivity index is 1.80. The number of amides is 2. The van der Waals surface area contributed by atoms with Crippen LogP contribution in [0.5, 0.6) is 0 Å². The summed E-state index contributed by atoms with van der Waals surface area (Å²) in [6.07, 6.45) is 1.54. The molecule has 1 heterocycles. The van der Waals surface area contributed by atoms with Gasteiger partial charge in [-0.05, 0) is 40.2 Å². The van der Waals surface area contributed by atoms with E-state index in [1.165, 1.54) is 18.2 Å². The van der Waals surface area contributed by atoms with Gasteiger partial charge in [-0.25, -0.2) is 13.1 Å². The van der Waals surface area contributed by atoms with Gasteiger partial charge in [0.25, 0.3) is 5.91 Å². The predicted molar refractivity (Wildman–Crippen MR) is 100.0 cm³/mol. The van der Waals surface area contributed by atoms with Crippen LogP contribution >= 0.6 is 27.5 Å². The second kappa shape index (κ2) is 8.67. The van der Waals surface area contributed by atoms with Crippen molar-refractivity contribution in [2.24, 2.45) is 7.05 Å². The zero-order chi connectivity index (χ0) is 19.3. The molecule has 11 heteroatoms. The number of aryl methyl sites for hydroxylation is 1. The van der Waals surface area contributed by atoms with Crippen LogP contribution < -0.4 is 15.6 Å². The van der Waals surface area contributed by atoms with Crippen LogP contribution in [0.4, 0.5) is 0 Å². The van der Waals surface area contributed by atoms with Crippen LogP contribution in [0.3, 0.4) is 0 Å². The molecule has 0 spiro atoms. The van der Waals surface area contributed by atoms with Gasteiger partial charge in [-0.15, -0.1) is 0 Å². The smallest absolute Gasteiger partial charge is 0.286 e. The highest BCUT2D eigenvalue weighted by Crippen LogP contribution is 2.15. The van der Waals surface area contributed by atoms with Gasteiger partial charge in [-0.3, -0.25) is 20.4 Å². The van der Waals surface area contributed by atoms with Crippen molar-refractivity contribution in [3.05, 3.63) is 51.7 Å². The van der Waals surface area contributed by atoms with E-state index in [9.17, 15) is 18.0 Å². The quantitative estimate of drug-likeness (QED) is 0.565. The summed E-state index contributed by atoms with van der Waals surface area (Å²) in [6, 6.07) is 7.37. The number of aromatic nitrogens is 1. The molecule has 2 aromatic rings. The van der Waals surface area contributed by atoms with Gasteiger partial charge in [-0.1, -0.05) is 17.7 Å². The number of hydrogen-bond acceptors (Lipinski definition) is 4. The normalized spacial score (nSPS) is 11.2. The molecule has 0 atom stereocenters. The van der Waals surface area contributed by atoms with E-state index in [-0.39, 0.29) is 17.9 Å². The van der Waals surface area contributed by atoms with Crippen LogP contribution in [0.25, 0.3) is 0 Å². The largest absolute Gasteiger partial charge is 0.345 e. The van der Waals surface area contributed by atoms with Crippen LogP contribution in [0.2, 0.25) is 5.02 Å². The molecule has 0 bridgehead atoms. The Morgan fingerprint density at radius 1 is 1.23 bits per heavy atom. The highest BCUT2D eigenvalue weighted by molar-refractivity contribution is 9.10. The number of carbonyl (C=O) groups excluding carboxylic acids is 2. The van der Waals surface area contributed by atoms with E-state index in [0.29, 0.717) is 10.7 Å². The van der Waals surface area contributed by atoms with Crippen molar-refractivity contribution in [2.45, 2.75) is 11.3 Å². The first kappa shape index (κ1) is 20.4. The Morgan fingerprint density at radius 3 is 2.58 bits per heavy atom. The monoisotopic (exact) mass is 462 g/mol. The Labute approximate surface area is 164 Å². The molecule has 0 aliphatic heterocycles. The second-order valence-corrected chi connectivity index (χ2v) is 8.38. The van der Waals surface area contributed by atoms with Crippen molar-refractivity contribution >= 4 is 49.4 Å². The van der Waals surface area contributed by atoms with E-state index < -0.39 is 21.8 Å². The topological polar surface area (TPSA) is 109 Å². The van der Waals surface area contributed by atoms with Crippen molar-refractivity contribution < 1.29 is 18.0 Å². The molecule has 2 rings (SSSR count). The van der Waals surface area contributed by atoms with Gasteiger partial charge < -0.3 is 4.57 Å². The third kappa shape index (κ3) is 5.56. The lowest BCUT2D eigenvalue weighted by atomic mass is 10.4. The van der Waals surface area contributed by atoms with Crippen LogP contribution in [0, 0.1) is 0 Å². The van der Waals surface area contributed by atoms with Crippen molar-refractivity contribution in [2.75, 3.05) is 6.54 Å². The molecule has 26 heavy (non-hydrogen) atoms. The molecule has 0 saturated heterocycles. The van der Waals surface area contributed by atoms with Gasteiger partial charge in [0.15, 0.2) is 0 Å². The molecular weight excluding hydrogens is 448 g/mol. The maximum absolute atomic E-state index is 12.1. The number of nitrogens with one attached hydrogen (secondary N) is 3. The van der Waals surface area contributed by atoms with Crippen LogP contribution in [-0.4, -0.2) is 31.3 Å². The molecule has 8 nitrogen and oxygen atoms in total. The second-order valence-electron chi connectivity index (χ2n) is 5.26. The molecule has 0 aliphatic rings. The lowest BCUT2D eigenvalue weighted by Crippen LogP contribution is -2.43. The lowest BCUT2D eigenvalue weighted by molar-refractivity contribution is -0.121. The molecule has 0 unspecified atom stereocenters. The Bertz CT molecular complexity index is 929. The molecule has 0 fully saturated rings. The fourth-order valence-electron chi connectivity index (χ4n) is 2.02. The maximum Gasteiger partial charge on any atom is 0.286 e. The Morgan fingerprint density at radius 2 is 1.96 bits per heavy atom. The summed E-state index contributed by atoms with van der Waals surface area (Å²) in [5, 5.41) is 0.292. The van der Waals surface area contributed by atoms with Crippen LogP contribution in [0.15, 0.2) is 45.9 Å². The number of rotatable bonds is 6. The van der Waals surface area contributed by atoms with E-state index in [1.54, 1.807) is 29.9 Å². The minimum Gasteiger partial charge on any atom is -0.345 e. The molecule has 1 aromatic carbocycles. The maximum atomic E-state index is 12.1. The third-order valence-corrected chi connectivity index (χ3v) is 5.40. The number of hydrogen-bond donors (Lipinski definition) is 3. The van der Waals surface area contributed by atoms with Gasteiger partial charge in [0.2, 0.25) is 15.9 Å². The van der Waals surface area contributed by atoms with Gasteiger partial charge in [0, 0.05) is 35.7 Å². The summed E-state index contributed by atoms with van der Waals surface area (Å²) in [4.78, 5) is 23.7. The molecule has 0 saturated carbocycles. The van der Waals surface area contributed by atoms with Crippen molar-refractivity contribution in [3.63, 3.8) is 0 Å². The lowest BCUT2D eigenvalue weighted by Gasteiger charge is -2.09. The first-order valence-corrected chi connectivity index (χ1v) is 10.0. The van der Waals surface area contributed by atoms with Gasteiger partial charge in [0.05, 0.1) is 4.90 Å². The van der Waals surface area contributed by atoms with Crippen LogP contribution in [0.1, 0.15) is 16.9 Å². The predicted octanol–water partition coefficient (Wildman–Crippen LogP) is 1.57. The first-order chi connectivity index (χ1) is 12.2. The number of carbonyl (C=O) groups is 2. The van der Waals surface area contributed by atoms with Crippen LogP contribution in [-0.2, 0) is 21.9 Å². The minimum atomic E-state index is -3.77. The number of hydrazine groups is 1. The highest BCUT2D eigenvalue weighted by Gasteiger charge is 2.15. The summed E-state index contributed by atoms with van der Waals surface area (Å²) in [7, 11) is -2.08. The Kier molecular flexibility index (Phi) is 6.81. The zero-order valence-electron chi connectivity index (χ0n) is 13.6. The van der Waals surface area contributed by atoms with Gasteiger partial charge in [0.1, 0.15) is 5.69 Å². The zero-order valence-corrected chi connectivity index (χ0v) is 16.8. The van der Waals surface area contributed by atoms with Crippen molar-refractivity contribution in [1.29, 1.82) is 0 Å². The van der Waals surface area contributed by atoms with E-state index in [2.05, 4.69) is 31.5 Å². The minimum absolute atomic E-state index is 0.00740. The average molecular weight is 464 g/mol. The molecule has 0 radical (unpaired) electrons. The summed E-state index contributed by atoms with van der Waals surface area (Å²) in [5.41, 5.74) is 4.84. The summed E-state index contributed by atoms with van der Waals surface area (Å²) in [6.45, 7) is -0.133. The highest BCUT2D eigenvalue weighted by atomic mass is 79.9. The standard InChI is InChI=1S/C15H16BrClN4O4S/c1-21-9-10(16)7-13(21)15(23)20-19-14(22)5-6-18-26(24,25)12-4-2-3-11(17)8-12/h2-4,7-9,18H,5-6H2,1H3,(H,19,22)(H,20,23).